The Hall–Kier alpha value is -1.49. The maximum absolute atomic E-state index is 13.4. The maximum Gasteiger partial charge on any atom is 0.240 e. The molecule has 1 fully saturated rings. The summed E-state index contributed by atoms with van der Waals surface area (Å²) in [6, 6.07) is 2.76. The summed E-state index contributed by atoms with van der Waals surface area (Å²) in [4.78, 5) is 11.7. The number of rotatable bonds is 3. The molecule has 5 heteroatoms. The lowest BCUT2D eigenvalue weighted by atomic mass is 10.1. The topological polar surface area (TPSA) is 55.1 Å². The van der Waals surface area contributed by atoms with Gasteiger partial charge < -0.3 is 11.1 Å². The van der Waals surface area contributed by atoms with E-state index in [-0.39, 0.29) is 11.5 Å². The average molecular weight is 240 g/mol. The molecule has 1 amide bonds. The van der Waals surface area contributed by atoms with Crippen LogP contribution in [-0.2, 0) is 4.79 Å². The number of carbonyl (C=O) groups excluding carboxylic acids is 1. The predicted octanol–water partition coefficient (Wildman–Crippen LogP) is 1.63. The molecule has 1 aromatic rings. The SMILES string of the molecule is CC(NC(=O)C1(N)CC1)c1ccc(F)cc1F. The van der Waals surface area contributed by atoms with Crippen LogP contribution in [0, 0.1) is 11.6 Å². The minimum Gasteiger partial charge on any atom is -0.348 e. The van der Waals surface area contributed by atoms with Gasteiger partial charge in [0, 0.05) is 11.6 Å². The molecule has 0 bridgehead atoms. The van der Waals surface area contributed by atoms with Crippen molar-refractivity contribution in [2.24, 2.45) is 5.73 Å². The highest BCUT2D eigenvalue weighted by atomic mass is 19.1. The largest absolute Gasteiger partial charge is 0.348 e. The van der Waals surface area contributed by atoms with E-state index in [2.05, 4.69) is 5.32 Å². The van der Waals surface area contributed by atoms with E-state index in [1.807, 2.05) is 0 Å². The summed E-state index contributed by atoms with van der Waals surface area (Å²) in [5.41, 5.74) is 5.18. The second-order valence-electron chi connectivity index (χ2n) is 4.52. The van der Waals surface area contributed by atoms with E-state index >= 15 is 0 Å². The van der Waals surface area contributed by atoms with Crippen molar-refractivity contribution in [2.45, 2.75) is 31.3 Å². The molecule has 0 aliphatic heterocycles. The monoisotopic (exact) mass is 240 g/mol. The number of amides is 1. The maximum atomic E-state index is 13.4. The normalized spacial score (nSPS) is 18.6. The number of nitrogens with two attached hydrogens (primary N) is 1. The number of benzene rings is 1. The molecule has 0 spiro atoms. The van der Waals surface area contributed by atoms with Crippen LogP contribution < -0.4 is 11.1 Å². The van der Waals surface area contributed by atoms with Gasteiger partial charge in [-0.15, -0.1) is 0 Å². The molecule has 1 aromatic carbocycles. The van der Waals surface area contributed by atoms with Gasteiger partial charge in [-0.1, -0.05) is 6.07 Å². The second-order valence-corrected chi connectivity index (χ2v) is 4.52. The van der Waals surface area contributed by atoms with E-state index in [0.717, 1.165) is 12.1 Å². The summed E-state index contributed by atoms with van der Waals surface area (Å²) in [6.07, 6.45) is 1.30. The van der Waals surface area contributed by atoms with Gasteiger partial charge >= 0.3 is 0 Å². The summed E-state index contributed by atoms with van der Waals surface area (Å²) < 4.78 is 26.2. The van der Waals surface area contributed by atoms with Gasteiger partial charge in [-0.25, -0.2) is 8.78 Å². The first-order chi connectivity index (χ1) is 7.92. The molecule has 0 radical (unpaired) electrons. The Balaban J connectivity index is 2.09. The Bertz CT molecular complexity index is 458. The minimum absolute atomic E-state index is 0.254. The van der Waals surface area contributed by atoms with Crippen LogP contribution in [0.1, 0.15) is 31.4 Å². The van der Waals surface area contributed by atoms with Crippen molar-refractivity contribution in [1.82, 2.24) is 5.32 Å². The third-order valence-electron chi connectivity index (χ3n) is 3.02. The van der Waals surface area contributed by atoms with Gasteiger partial charge in [0.15, 0.2) is 0 Å². The molecule has 2 rings (SSSR count). The summed E-state index contributed by atoms with van der Waals surface area (Å²) in [6.45, 7) is 1.64. The van der Waals surface area contributed by atoms with E-state index in [4.69, 9.17) is 5.73 Å². The summed E-state index contributed by atoms with van der Waals surface area (Å²) >= 11 is 0. The van der Waals surface area contributed by atoms with Crippen LogP contribution in [0.3, 0.4) is 0 Å². The van der Waals surface area contributed by atoms with Crippen LogP contribution >= 0.6 is 0 Å². The van der Waals surface area contributed by atoms with E-state index in [9.17, 15) is 13.6 Å². The molecule has 3 N–H and O–H groups in total. The number of nitrogens with one attached hydrogen (secondary N) is 1. The third-order valence-corrected chi connectivity index (χ3v) is 3.02. The molecule has 1 aliphatic rings. The van der Waals surface area contributed by atoms with Crippen molar-refractivity contribution in [2.75, 3.05) is 0 Å². The van der Waals surface area contributed by atoms with E-state index in [1.165, 1.54) is 6.07 Å². The number of hydrogen-bond donors (Lipinski definition) is 2. The van der Waals surface area contributed by atoms with Gasteiger partial charge in [0.1, 0.15) is 11.6 Å². The Morgan fingerprint density at radius 3 is 2.65 bits per heavy atom. The highest BCUT2D eigenvalue weighted by Crippen LogP contribution is 2.33. The summed E-state index contributed by atoms with van der Waals surface area (Å²) in [5.74, 6) is -1.59. The van der Waals surface area contributed by atoms with Crippen LogP contribution in [0.5, 0.6) is 0 Å². The molecule has 3 nitrogen and oxygen atoms in total. The highest BCUT2D eigenvalue weighted by molar-refractivity contribution is 5.89. The van der Waals surface area contributed by atoms with Gasteiger partial charge in [0.25, 0.3) is 0 Å². The smallest absolute Gasteiger partial charge is 0.240 e. The molecule has 1 atom stereocenters. The fourth-order valence-corrected chi connectivity index (χ4v) is 1.63. The van der Waals surface area contributed by atoms with E-state index in [0.29, 0.717) is 12.8 Å². The lowest BCUT2D eigenvalue weighted by molar-refractivity contribution is -0.123. The number of hydrogen-bond acceptors (Lipinski definition) is 2. The van der Waals surface area contributed by atoms with Crippen molar-refractivity contribution in [3.8, 4) is 0 Å². The van der Waals surface area contributed by atoms with Gasteiger partial charge in [-0.05, 0) is 25.8 Å². The van der Waals surface area contributed by atoms with Crippen LogP contribution in [0.2, 0.25) is 0 Å². The van der Waals surface area contributed by atoms with E-state index < -0.39 is 23.2 Å². The lowest BCUT2D eigenvalue weighted by Gasteiger charge is -2.17. The average Bonchev–Trinajstić information content (AvgIpc) is 2.97. The molecule has 0 aromatic heterocycles. The Morgan fingerprint density at radius 2 is 2.12 bits per heavy atom. The van der Waals surface area contributed by atoms with Crippen LogP contribution in [0.25, 0.3) is 0 Å². The first-order valence-corrected chi connectivity index (χ1v) is 5.47. The minimum atomic E-state index is -0.787. The van der Waals surface area contributed by atoms with Crippen molar-refractivity contribution >= 4 is 5.91 Å². The van der Waals surface area contributed by atoms with Gasteiger partial charge in [0.2, 0.25) is 5.91 Å². The third kappa shape index (κ3) is 2.44. The Labute approximate surface area is 98.0 Å². The lowest BCUT2D eigenvalue weighted by Crippen LogP contribution is -2.43. The Kier molecular flexibility index (Phi) is 2.87. The Morgan fingerprint density at radius 1 is 1.47 bits per heavy atom. The van der Waals surface area contributed by atoms with Crippen molar-refractivity contribution in [1.29, 1.82) is 0 Å². The number of carbonyl (C=O) groups is 1. The zero-order chi connectivity index (χ0) is 12.6. The fraction of sp³-hybridized carbons (Fsp3) is 0.417. The fourth-order valence-electron chi connectivity index (χ4n) is 1.63. The molecule has 17 heavy (non-hydrogen) atoms. The zero-order valence-corrected chi connectivity index (χ0v) is 9.47. The zero-order valence-electron chi connectivity index (χ0n) is 9.47. The molecule has 0 saturated heterocycles. The molecule has 0 heterocycles. The quantitative estimate of drug-likeness (QED) is 0.843. The number of halogens is 2. The van der Waals surface area contributed by atoms with Gasteiger partial charge in [-0.2, -0.15) is 0 Å². The van der Waals surface area contributed by atoms with Crippen LogP contribution in [0.4, 0.5) is 8.78 Å². The van der Waals surface area contributed by atoms with Crippen molar-refractivity contribution < 1.29 is 13.6 Å². The summed E-state index contributed by atoms with van der Waals surface area (Å²) in [5, 5.41) is 2.63. The van der Waals surface area contributed by atoms with E-state index in [1.54, 1.807) is 6.92 Å². The predicted molar refractivity (Wildman–Crippen MR) is 59.1 cm³/mol. The molecular formula is C12H14F2N2O. The molecule has 1 unspecified atom stereocenters. The van der Waals surface area contributed by atoms with Gasteiger partial charge in [0.05, 0.1) is 11.6 Å². The van der Waals surface area contributed by atoms with Crippen LogP contribution in [-0.4, -0.2) is 11.4 Å². The van der Waals surface area contributed by atoms with Crippen LogP contribution in [0.15, 0.2) is 18.2 Å². The first kappa shape index (κ1) is 12.0. The van der Waals surface area contributed by atoms with Crippen molar-refractivity contribution in [3.63, 3.8) is 0 Å². The molecule has 1 saturated carbocycles. The molecular weight excluding hydrogens is 226 g/mol. The van der Waals surface area contributed by atoms with Gasteiger partial charge in [-0.3, -0.25) is 4.79 Å². The highest BCUT2D eigenvalue weighted by Gasteiger charge is 2.46. The first-order valence-electron chi connectivity index (χ1n) is 5.47. The molecule has 1 aliphatic carbocycles. The second kappa shape index (κ2) is 4.07. The standard InChI is InChI=1S/C12H14F2N2O/c1-7(16-11(17)12(15)4-5-12)9-3-2-8(13)6-10(9)14/h2-3,6-7H,4-5,15H2,1H3,(H,16,17). The molecule has 92 valence electrons. The summed E-state index contributed by atoms with van der Waals surface area (Å²) in [7, 11) is 0. The van der Waals surface area contributed by atoms with Crippen molar-refractivity contribution in [3.05, 3.63) is 35.4 Å².